The van der Waals surface area contributed by atoms with Gasteiger partial charge in [-0.15, -0.1) is 0 Å². The van der Waals surface area contributed by atoms with Crippen LogP contribution in [0, 0.1) is 5.82 Å². The molecule has 0 aliphatic carbocycles. The maximum absolute atomic E-state index is 12.9. The van der Waals surface area contributed by atoms with Gasteiger partial charge in [0.15, 0.2) is 10.8 Å². The second-order valence-corrected chi connectivity index (χ2v) is 6.67. The van der Waals surface area contributed by atoms with Gasteiger partial charge in [0.2, 0.25) is 0 Å². The first-order valence-corrected chi connectivity index (χ1v) is 8.40. The smallest absolute Gasteiger partial charge is 0.277 e. The van der Waals surface area contributed by atoms with Gasteiger partial charge in [0.1, 0.15) is 5.82 Å². The van der Waals surface area contributed by atoms with Gasteiger partial charge in [0.25, 0.3) is 10.0 Å². The van der Waals surface area contributed by atoms with Crippen molar-refractivity contribution in [1.82, 2.24) is 9.55 Å². The molecule has 1 aromatic carbocycles. The second kappa shape index (κ2) is 6.02. The van der Waals surface area contributed by atoms with Gasteiger partial charge in [0.05, 0.1) is 5.02 Å². The number of nitrogens with zero attached hydrogens (tertiary/aromatic N) is 2. The Hall–Kier alpha value is -2.38. The van der Waals surface area contributed by atoms with E-state index in [-0.39, 0.29) is 10.7 Å². The normalized spacial score (nSPS) is 11.4. The largest absolute Gasteiger partial charge is 0.289 e. The number of aromatic nitrogens is 2. The second-order valence-electron chi connectivity index (χ2n) is 4.64. The third-order valence-corrected chi connectivity index (χ3v) is 4.73. The van der Waals surface area contributed by atoms with Crippen LogP contribution < -0.4 is 4.72 Å². The molecule has 0 bridgehead atoms. The molecule has 0 saturated heterocycles. The average molecular weight is 352 g/mol. The summed E-state index contributed by atoms with van der Waals surface area (Å²) in [6.45, 7) is 0. The van der Waals surface area contributed by atoms with E-state index in [1.807, 2.05) is 0 Å². The average Bonchev–Trinajstić information content (AvgIpc) is 3.00. The molecule has 2 heterocycles. The molecule has 0 radical (unpaired) electrons. The van der Waals surface area contributed by atoms with Crippen LogP contribution in [0.2, 0.25) is 5.02 Å². The van der Waals surface area contributed by atoms with E-state index in [1.165, 1.54) is 41.1 Å². The van der Waals surface area contributed by atoms with Crippen molar-refractivity contribution in [2.75, 3.05) is 4.72 Å². The van der Waals surface area contributed by atoms with Crippen LogP contribution in [-0.2, 0) is 10.0 Å². The summed E-state index contributed by atoms with van der Waals surface area (Å²) in [6.07, 6.45) is 3.07. The molecule has 118 valence electrons. The number of benzene rings is 1. The molecular weight excluding hydrogens is 341 g/mol. The SMILES string of the molecule is O=S(=O)(Nc1ccc(F)cc1)c1cccn1-c1ncccc1Cl. The summed E-state index contributed by atoms with van der Waals surface area (Å²) in [5.74, 6) is -0.143. The Morgan fingerprint density at radius 1 is 1.09 bits per heavy atom. The van der Waals surface area contributed by atoms with Crippen molar-refractivity contribution in [1.29, 1.82) is 0 Å². The Labute approximate surface area is 137 Å². The molecule has 1 N–H and O–H groups in total. The maximum Gasteiger partial charge on any atom is 0.277 e. The third kappa shape index (κ3) is 3.20. The van der Waals surface area contributed by atoms with Gasteiger partial charge < -0.3 is 0 Å². The van der Waals surface area contributed by atoms with E-state index in [0.717, 1.165) is 0 Å². The fraction of sp³-hybridized carbons (Fsp3) is 0. The highest BCUT2D eigenvalue weighted by molar-refractivity contribution is 7.92. The lowest BCUT2D eigenvalue weighted by atomic mass is 10.3. The third-order valence-electron chi connectivity index (χ3n) is 3.05. The lowest BCUT2D eigenvalue weighted by Gasteiger charge is -2.12. The van der Waals surface area contributed by atoms with E-state index < -0.39 is 15.8 Å². The van der Waals surface area contributed by atoms with Gasteiger partial charge in [-0.05, 0) is 48.5 Å². The predicted molar refractivity (Wildman–Crippen MR) is 85.8 cm³/mol. The molecule has 23 heavy (non-hydrogen) atoms. The Bertz CT molecular complexity index is 939. The van der Waals surface area contributed by atoms with Crippen molar-refractivity contribution in [3.63, 3.8) is 0 Å². The van der Waals surface area contributed by atoms with Crippen LogP contribution in [0.25, 0.3) is 5.82 Å². The zero-order chi connectivity index (χ0) is 16.4. The van der Waals surface area contributed by atoms with E-state index in [1.54, 1.807) is 24.4 Å². The van der Waals surface area contributed by atoms with Crippen LogP contribution in [-0.4, -0.2) is 18.0 Å². The number of nitrogens with one attached hydrogen (secondary N) is 1. The molecule has 3 rings (SSSR count). The van der Waals surface area contributed by atoms with Crippen LogP contribution in [0.1, 0.15) is 0 Å². The molecule has 0 unspecified atom stereocenters. The molecule has 0 fully saturated rings. The van der Waals surface area contributed by atoms with Crippen molar-refractivity contribution in [3.05, 3.63) is 71.8 Å². The quantitative estimate of drug-likeness (QED) is 0.782. The Balaban J connectivity index is 2.00. The Morgan fingerprint density at radius 2 is 1.83 bits per heavy atom. The van der Waals surface area contributed by atoms with Crippen molar-refractivity contribution in [2.45, 2.75) is 5.03 Å². The molecule has 8 heteroatoms. The van der Waals surface area contributed by atoms with Crippen LogP contribution >= 0.6 is 11.6 Å². The van der Waals surface area contributed by atoms with Gasteiger partial charge in [-0.25, -0.2) is 9.37 Å². The predicted octanol–water partition coefficient (Wildman–Crippen LogP) is 3.47. The highest BCUT2D eigenvalue weighted by Gasteiger charge is 2.21. The minimum atomic E-state index is -3.89. The van der Waals surface area contributed by atoms with E-state index >= 15 is 0 Å². The molecule has 0 saturated carbocycles. The summed E-state index contributed by atoms with van der Waals surface area (Å²) in [4.78, 5) is 4.10. The highest BCUT2D eigenvalue weighted by atomic mass is 35.5. The molecular formula is C15H11ClFN3O2S. The van der Waals surface area contributed by atoms with Crippen molar-refractivity contribution in [3.8, 4) is 5.82 Å². The lowest BCUT2D eigenvalue weighted by Crippen LogP contribution is -2.17. The molecule has 2 aromatic heterocycles. The van der Waals surface area contributed by atoms with Crippen LogP contribution in [0.15, 0.2) is 66.0 Å². The number of anilines is 1. The first-order chi connectivity index (χ1) is 11.0. The first kappa shape index (κ1) is 15.5. The minimum absolute atomic E-state index is 0.0255. The summed E-state index contributed by atoms with van der Waals surface area (Å²) in [5, 5.41) is 0.296. The van der Waals surface area contributed by atoms with Gasteiger partial charge in [-0.2, -0.15) is 8.42 Å². The zero-order valence-corrected chi connectivity index (χ0v) is 13.2. The monoisotopic (exact) mass is 351 g/mol. The summed E-state index contributed by atoms with van der Waals surface area (Å²) >= 11 is 6.08. The van der Waals surface area contributed by atoms with Crippen molar-refractivity contribution in [2.24, 2.45) is 0 Å². The van der Waals surface area contributed by atoms with E-state index in [2.05, 4.69) is 9.71 Å². The molecule has 0 aliphatic rings. The summed E-state index contributed by atoms with van der Waals surface area (Å²) < 4.78 is 41.8. The highest BCUT2D eigenvalue weighted by Crippen LogP contribution is 2.23. The number of rotatable bonds is 4. The molecule has 3 aromatic rings. The van der Waals surface area contributed by atoms with Crippen LogP contribution in [0.3, 0.4) is 0 Å². The topological polar surface area (TPSA) is 64.0 Å². The maximum atomic E-state index is 12.9. The number of sulfonamides is 1. The minimum Gasteiger partial charge on any atom is -0.289 e. The standard InChI is InChI=1S/C15H11ClFN3O2S/c16-13-3-1-9-18-15(13)20-10-2-4-14(20)23(21,22)19-12-7-5-11(17)6-8-12/h1-10,19H. The van der Waals surface area contributed by atoms with E-state index in [4.69, 9.17) is 11.6 Å². The van der Waals surface area contributed by atoms with Crippen LogP contribution in [0.4, 0.5) is 10.1 Å². The zero-order valence-electron chi connectivity index (χ0n) is 11.6. The Morgan fingerprint density at radius 3 is 2.52 bits per heavy atom. The molecule has 0 amide bonds. The number of hydrogen-bond donors (Lipinski definition) is 1. The van der Waals surface area contributed by atoms with Crippen molar-refractivity contribution >= 4 is 27.3 Å². The molecule has 0 atom stereocenters. The van der Waals surface area contributed by atoms with Crippen LogP contribution in [0.5, 0.6) is 0 Å². The van der Waals surface area contributed by atoms with Gasteiger partial charge in [-0.1, -0.05) is 11.6 Å². The number of pyridine rings is 1. The van der Waals surface area contributed by atoms with Gasteiger partial charge >= 0.3 is 0 Å². The molecule has 0 aliphatic heterocycles. The number of halogens is 2. The number of hydrogen-bond acceptors (Lipinski definition) is 3. The van der Waals surface area contributed by atoms with E-state index in [0.29, 0.717) is 10.8 Å². The molecule has 5 nitrogen and oxygen atoms in total. The summed E-state index contributed by atoms with van der Waals surface area (Å²) in [5.41, 5.74) is 0.256. The van der Waals surface area contributed by atoms with Gasteiger partial charge in [0, 0.05) is 18.1 Å². The lowest BCUT2D eigenvalue weighted by molar-refractivity contribution is 0.594. The molecule has 0 spiro atoms. The first-order valence-electron chi connectivity index (χ1n) is 6.54. The van der Waals surface area contributed by atoms with Crippen molar-refractivity contribution < 1.29 is 12.8 Å². The van der Waals surface area contributed by atoms with Gasteiger partial charge in [-0.3, -0.25) is 9.29 Å². The summed E-state index contributed by atoms with van der Waals surface area (Å²) in [7, 11) is -3.89. The Kier molecular flexibility index (Phi) is 4.06. The summed E-state index contributed by atoms with van der Waals surface area (Å²) in [6, 6.07) is 11.3. The fourth-order valence-corrected chi connectivity index (χ4v) is 3.47. The van der Waals surface area contributed by atoms with E-state index in [9.17, 15) is 12.8 Å². The fourth-order valence-electron chi connectivity index (χ4n) is 2.04.